The molecule has 0 fully saturated rings. The summed E-state index contributed by atoms with van der Waals surface area (Å²) in [6, 6.07) is 5.07. The molecule has 0 aliphatic carbocycles. The summed E-state index contributed by atoms with van der Waals surface area (Å²) in [5.41, 5.74) is 2.64. The first-order valence-corrected chi connectivity index (χ1v) is 7.11. The van der Waals surface area contributed by atoms with Gasteiger partial charge < -0.3 is 10.1 Å². The average Bonchev–Trinajstić information content (AvgIpc) is 2.43. The summed E-state index contributed by atoms with van der Waals surface area (Å²) in [7, 11) is 0. The number of hydrogen-bond acceptors (Lipinski definition) is 4. The van der Waals surface area contributed by atoms with E-state index < -0.39 is 6.04 Å². The van der Waals surface area contributed by atoms with Gasteiger partial charge in [-0.2, -0.15) is 0 Å². The van der Waals surface area contributed by atoms with Crippen molar-refractivity contribution in [2.75, 3.05) is 13.2 Å². The van der Waals surface area contributed by atoms with Gasteiger partial charge in [0.1, 0.15) is 0 Å². The number of rotatable bonds is 8. The number of benzene rings is 1. The Balaban J connectivity index is 2.92. The third-order valence-corrected chi connectivity index (χ3v) is 3.15. The summed E-state index contributed by atoms with van der Waals surface area (Å²) in [5, 5.41) is 3.03. The molecule has 0 heterocycles. The highest BCUT2D eigenvalue weighted by molar-refractivity contribution is 6.03. The van der Waals surface area contributed by atoms with E-state index >= 15 is 0 Å². The van der Waals surface area contributed by atoms with Crippen molar-refractivity contribution in [3.63, 3.8) is 0 Å². The number of esters is 1. The second-order valence-electron chi connectivity index (χ2n) is 4.94. The van der Waals surface area contributed by atoms with Crippen molar-refractivity contribution in [3.8, 4) is 0 Å². The molecule has 1 rings (SSSR count). The number of hydrogen-bond donors (Lipinski definition) is 1. The van der Waals surface area contributed by atoms with Gasteiger partial charge in [-0.1, -0.05) is 29.8 Å². The van der Waals surface area contributed by atoms with E-state index in [2.05, 4.69) is 11.9 Å². The van der Waals surface area contributed by atoms with Crippen molar-refractivity contribution < 1.29 is 14.3 Å². The molecule has 1 aromatic rings. The molecule has 1 aromatic carbocycles. The van der Waals surface area contributed by atoms with Gasteiger partial charge in [-0.3, -0.25) is 9.59 Å². The number of Topliss-reactive ketones (excluding diaryl/α,β-unsaturated/α-hetero) is 1. The normalized spacial score (nSPS) is 11.8. The largest absolute Gasteiger partial charge is 0.466 e. The molecule has 0 saturated heterocycles. The van der Waals surface area contributed by atoms with Crippen molar-refractivity contribution in [1.82, 2.24) is 5.32 Å². The maximum absolute atomic E-state index is 12.6. The molecule has 0 radical (unpaired) electrons. The zero-order chi connectivity index (χ0) is 15.8. The predicted octanol–water partition coefficient (Wildman–Crippen LogP) is 2.58. The van der Waals surface area contributed by atoms with E-state index in [4.69, 9.17) is 4.74 Å². The van der Waals surface area contributed by atoms with Crippen LogP contribution in [0.1, 0.15) is 34.8 Å². The molecule has 0 aliphatic heterocycles. The molecule has 114 valence electrons. The van der Waals surface area contributed by atoms with Gasteiger partial charge in [-0.25, -0.2) is 0 Å². The van der Waals surface area contributed by atoms with Crippen LogP contribution >= 0.6 is 0 Å². The number of nitrogens with one attached hydrogen (secondary N) is 1. The Morgan fingerprint density at radius 3 is 2.67 bits per heavy atom. The van der Waals surface area contributed by atoms with Crippen molar-refractivity contribution in [3.05, 3.63) is 47.5 Å². The topological polar surface area (TPSA) is 55.4 Å². The lowest BCUT2D eigenvalue weighted by molar-refractivity contribution is -0.143. The minimum absolute atomic E-state index is 0.0217. The number of carbonyl (C=O) groups excluding carboxylic acids is 2. The fraction of sp³-hybridized carbons (Fsp3) is 0.412. The molecular formula is C17H23NO3. The van der Waals surface area contributed by atoms with Gasteiger partial charge in [0.05, 0.1) is 19.1 Å². The van der Waals surface area contributed by atoms with Gasteiger partial charge in [0.2, 0.25) is 0 Å². The molecule has 21 heavy (non-hydrogen) atoms. The van der Waals surface area contributed by atoms with Crippen LogP contribution in [0.2, 0.25) is 0 Å². The zero-order valence-electron chi connectivity index (χ0n) is 12.9. The Morgan fingerprint density at radius 1 is 1.38 bits per heavy atom. The van der Waals surface area contributed by atoms with Crippen LogP contribution in [0.5, 0.6) is 0 Å². The minimum atomic E-state index is -0.594. The molecule has 4 nitrogen and oxygen atoms in total. The standard InChI is InChI=1S/C17H23NO3/c1-5-9-18-15(11-16(19)21-6-2)17(20)14-8-7-12(3)10-13(14)4/h5,7-8,10,15,18H,1,6,9,11H2,2-4H3. The Hall–Kier alpha value is -1.94. The third-order valence-electron chi connectivity index (χ3n) is 3.15. The molecule has 1 atom stereocenters. The lowest BCUT2D eigenvalue weighted by atomic mass is 9.96. The quantitative estimate of drug-likeness (QED) is 0.454. The van der Waals surface area contributed by atoms with Crippen LogP contribution in [0.15, 0.2) is 30.9 Å². The average molecular weight is 289 g/mol. The molecule has 1 unspecified atom stereocenters. The van der Waals surface area contributed by atoms with Gasteiger partial charge in [-0.05, 0) is 26.3 Å². The molecule has 0 amide bonds. The van der Waals surface area contributed by atoms with E-state index in [1.165, 1.54) is 0 Å². The number of ketones is 1. The SMILES string of the molecule is C=CCNC(CC(=O)OCC)C(=O)c1ccc(C)cc1C. The summed E-state index contributed by atoms with van der Waals surface area (Å²) < 4.78 is 4.93. The Bertz CT molecular complexity index is 523. The van der Waals surface area contributed by atoms with Crippen molar-refractivity contribution in [1.29, 1.82) is 0 Å². The van der Waals surface area contributed by atoms with E-state index in [1.54, 1.807) is 19.1 Å². The Morgan fingerprint density at radius 2 is 2.10 bits per heavy atom. The van der Waals surface area contributed by atoms with E-state index in [1.807, 2.05) is 26.0 Å². The second kappa shape index (κ2) is 8.37. The summed E-state index contributed by atoms with van der Waals surface area (Å²) in [5.74, 6) is -0.473. The number of ether oxygens (including phenoxy) is 1. The van der Waals surface area contributed by atoms with E-state index in [9.17, 15) is 9.59 Å². The highest BCUT2D eigenvalue weighted by Crippen LogP contribution is 2.14. The summed E-state index contributed by atoms with van der Waals surface area (Å²) in [4.78, 5) is 24.3. The molecule has 1 N–H and O–H groups in total. The maximum atomic E-state index is 12.6. The highest BCUT2D eigenvalue weighted by Gasteiger charge is 2.24. The maximum Gasteiger partial charge on any atom is 0.307 e. The molecule has 0 bridgehead atoms. The van der Waals surface area contributed by atoms with Crippen molar-refractivity contribution in [2.45, 2.75) is 33.2 Å². The monoisotopic (exact) mass is 289 g/mol. The third kappa shape index (κ3) is 5.16. The summed E-state index contributed by atoms with van der Waals surface area (Å²) in [6.07, 6.45) is 1.68. The first kappa shape index (κ1) is 17.1. The van der Waals surface area contributed by atoms with Gasteiger partial charge in [0, 0.05) is 12.1 Å². The Labute approximate surface area is 126 Å². The molecule has 0 saturated carbocycles. The number of carbonyl (C=O) groups is 2. The minimum Gasteiger partial charge on any atom is -0.466 e. The van der Waals surface area contributed by atoms with E-state index in [0.717, 1.165) is 11.1 Å². The van der Waals surface area contributed by atoms with Crippen LogP contribution in [-0.2, 0) is 9.53 Å². The number of aryl methyl sites for hydroxylation is 2. The van der Waals surface area contributed by atoms with Crippen molar-refractivity contribution in [2.24, 2.45) is 0 Å². The molecule has 0 spiro atoms. The summed E-state index contributed by atoms with van der Waals surface area (Å²) in [6.45, 7) is 10.0. The first-order chi connectivity index (χ1) is 9.99. The van der Waals surface area contributed by atoms with Crippen LogP contribution in [0.25, 0.3) is 0 Å². The molecule has 4 heteroatoms. The molecule has 0 aliphatic rings. The van der Waals surface area contributed by atoms with Gasteiger partial charge in [-0.15, -0.1) is 6.58 Å². The first-order valence-electron chi connectivity index (χ1n) is 7.11. The zero-order valence-corrected chi connectivity index (χ0v) is 12.9. The fourth-order valence-electron chi connectivity index (χ4n) is 2.15. The van der Waals surface area contributed by atoms with Gasteiger partial charge in [0.25, 0.3) is 0 Å². The highest BCUT2D eigenvalue weighted by atomic mass is 16.5. The van der Waals surface area contributed by atoms with Crippen LogP contribution in [0.3, 0.4) is 0 Å². The van der Waals surface area contributed by atoms with Crippen LogP contribution < -0.4 is 5.32 Å². The van der Waals surface area contributed by atoms with Crippen LogP contribution in [-0.4, -0.2) is 30.9 Å². The van der Waals surface area contributed by atoms with E-state index in [0.29, 0.717) is 18.7 Å². The van der Waals surface area contributed by atoms with E-state index in [-0.39, 0.29) is 18.2 Å². The Kier molecular flexibility index (Phi) is 6.82. The predicted molar refractivity (Wildman–Crippen MR) is 83.5 cm³/mol. The lowest BCUT2D eigenvalue weighted by Gasteiger charge is -2.17. The smallest absolute Gasteiger partial charge is 0.307 e. The fourth-order valence-corrected chi connectivity index (χ4v) is 2.15. The van der Waals surface area contributed by atoms with Crippen molar-refractivity contribution >= 4 is 11.8 Å². The van der Waals surface area contributed by atoms with Gasteiger partial charge in [0.15, 0.2) is 5.78 Å². The lowest BCUT2D eigenvalue weighted by Crippen LogP contribution is -2.39. The van der Waals surface area contributed by atoms with Crippen LogP contribution in [0.4, 0.5) is 0 Å². The van der Waals surface area contributed by atoms with Crippen LogP contribution in [0, 0.1) is 13.8 Å². The second-order valence-corrected chi connectivity index (χ2v) is 4.94. The molecule has 0 aromatic heterocycles. The molecular weight excluding hydrogens is 266 g/mol. The summed E-state index contributed by atoms with van der Waals surface area (Å²) >= 11 is 0. The van der Waals surface area contributed by atoms with Gasteiger partial charge >= 0.3 is 5.97 Å².